The van der Waals surface area contributed by atoms with Crippen LogP contribution in [-0.4, -0.2) is 45.4 Å². The third kappa shape index (κ3) is 4.27. The van der Waals surface area contributed by atoms with Crippen LogP contribution in [0, 0.1) is 5.92 Å². The Hall–Kier alpha value is -1.99. The molecule has 2 heterocycles. The monoisotopic (exact) mass is 332 g/mol. The van der Waals surface area contributed by atoms with Crippen LogP contribution in [0.5, 0.6) is 0 Å². The van der Waals surface area contributed by atoms with E-state index in [4.69, 9.17) is 0 Å². The Morgan fingerprint density at radius 1 is 1.35 bits per heavy atom. The number of nitrogens with zero attached hydrogens (tertiary/aromatic N) is 3. The number of benzene rings is 1. The molecule has 1 aromatic heterocycles. The summed E-state index contributed by atoms with van der Waals surface area (Å²) in [5.41, 5.74) is 2.73. The van der Waals surface area contributed by atoms with E-state index in [9.17, 15) is 9.90 Å². The zero-order chi connectivity index (χ0) is 16.1. The smallest absolute Gasteiger partial charge is 0.323 e. The fraction of sp³-hybridized carbons (Fsp3) is 0.438. The van der Waals surface area contributed by atoms with Crippen molar-refractivity contribution in [2.75, 3.05) is 18.4 Å². The van der Waals surface area contributed by atoms with E-state index >= 15 is 0 Å². The van der Waals surface area contributed by atoms with E-state index in [0.29, 0.717) is 24.6 Å². The van der Waals surface area contributed by atoms with Gasteiger partial charge < -0.3 is 10.0 Å². The summed E-state index contributed by atoms with van der Waals surface area (Å²) in [4.78, 5) is 13.9. The second kappa shape index (κ2) is 7.52. The van der Waals surface area contributed by atoms with Gasteiger partial charge in [0.1, 0.15) is 5.51 Å². The molecule has 2 aromatic rings. The Morgan fingerprint density at radius 3 is 2.74 bits per heavy atom. The molecule has 2 N–H and O–H groups in total. The number of hydrogen-bond acceptors (Lipinski definition) is 5. The lowest BCUT2D eigenvalue weighted by Crippen LogP contribution is -2.43. The second-order valence-corrected chi connectivity index (χ2v) is 6.59. The van der Waals surface area contributed by atoms with Gasteiger partial charge in [-0.15, -0.1) is 10.2 Å². The third-order valence-corrected chi connectivity index (χ3v) is 4.84. The highest BCUT2D eigenvalue weighted by Gasteiger charge is 2.27. The number of aliphatic hydroxyl groups excluding tert-OH is 1. The fourth-order valence-electron chi connectivity index (χ4n) is 2.91. The molecular formula is C16H20N4O2S. The molecule has 1 unspecified atom stereocenters. The van der Waals surface area contributed by atoms with Crippen LogP contribution in [0.3, 0.4) is 0 Å². The molecule has 3 rings (SSSR count). The molecule has 1 fully saturated rings. The first kappa shape index (κ1) is 15.9. The average molecular weight is 332 g/mol. The minimum absolute atomic E-state index is 0.141. The highest BCUT2D eigenvalue weighted by molar-refractivity contribution is 7.13. The summed E-state index contributed by atoms with van der Waals surface area (Å²) in [7, 11) is 0. The number of piperidine rings is 1. The number of aliphatic hydroxyl groups is 1. The normalized spacial score (nSPS) is 17.0. The van der Waals surface area contributed by atoms with E-state index in [1.807, 2.05) is 30.3 Å². The van der Waals surface area contributed by atoms with Crippen molar-refractivity contribution in [2.24, 2.45) is 5.92 Å². The van der Waals surface area contributed by atoms with Crippen molar-refractivity contribution in [1.29, 1.82) is 0 Å². The van der Waals surface area contributed by atoms with E-state index < -0.39 is 0 Å². The van der Waals surface area contributed by atoms with Gasteiger partial charge in [-0.3, -0.25) is 5.32 Å². The van der Waals surface area contributed by atoms with Gasteiger partial charge in [0.05, 0.1) is 6.10 Å². The van der Waals surface area contributed by atoms with Crippen LogP contribution in [0.2, 0.25) is 0 Å². The van der Waals surface area contributed by atoms with Crippen molar-refractivity contribution >= 4 is 22.5 Å². The number of carbonyl (C=O) groups excluding carboxylic acids is 1. The molecule has 0 spiro atoms. The summed E-state index contributed by atoms with van der Waals surface area (Å²) >= 11 is 1.30. The van der Waals surface area contributed by atoms with E-state index in [2.05, 4.69) is 15.5 Å². The maximum absolute atomic E-state index is 12.1. The molecule has 1 saturated heterocycles. The van der Waals surface area contributed by atoms with Crippen LogP contribution in [0.15, 0.2) is 35.8 Å². The number of aromatic nitrogens is 2. The lowest BCUT2D eigenvalue weighted by Gasteiger charge is -2.34. The molecular weight excluding hydrogens is 312 g/mol. The van der Waals surface area contributed by atoms with Gasteiger partial charge in [-0.1, -0.05) is 41.7 Å². The second-order valence-electron chi connectivity index (χ2n) is 5.76. The van der Waals surface area contributed by atoms with E-state index in [0.717, 1.165) is 18.4 Å². The lowest BCUT2D eigenvalue weighted by atomic mass is 9.88. The minimum atomic E-state index is -0.356. The quantitative estimate of drug-likeness (QED) is 0.901. The van der Waals surface area contributed by atoms with E-state index in [1.165, 1.54) is 11.3 Å². The summed E-state index contributed by atoms with van der Waals surface area (Å²) in [6.07, 6.45) is 1.95. The number of nitrogens with one attached hydrogen (secondary N) is 1. The van der Waals surface area contributed by atoms with Crippen LogP contribution in [0.1, 0.15) is 18.4 Å². The number of hydrogen-bond donors (Lipinski definition) is 2. The van der Waals surface area contributed by atoms with Crippen molar-refractivity contribution in [1.82, 2.24) is 15.1 Å². The molecule has 23 heavy (non-hydrogen) atoms. The molecule has 6 nitrogen and oxygen atoms in total. The van der Waals surface area contributed by atoms with E-state index in [-0.39, 0.29) is 18.1 Å². The molecule has 0 aliphatic carbocycles. The first-order valence-corrected chi connectivity index (χ1v) is 8.64. The summed E-state index contributed by atoms with van der Waals surface area (Å²) in [6, 6.07) is 9.88. The van der Waals surface area contributed by atoms with Gasteiger partial charge in [-0.25, -0.2) is 4.79 Å². The summed E-state index contributed by atoms with van der Waals surface area (Å²) in [6.45, 7) is 1.31. The van der Waals surface area contributed by atoms with Crippen LogP contribution in [0.4, 0.5) is 9.93 Å². The third-order valence-electron chi connectivity index (χ3n) is 4.23. The molecule has 1 aliphatic heterocycles. The standard InChI is InChI=1S/C16H20N4O2S/c21-14(10-12-4-2-1-3-5-12)13-6-8-20(9-7-13)16(22)18-15-19-17-11-23-15/h1-5,11,13-14,21H,6-10H2,(H,18,19,22). The van der Waals surface area contributed by atoms with Crippen LogP contribution in [0.25, 0.3) is 0 Å². The van der Waals surface area contributed by atoms with Gasteiger partial charge in [0.2, 0.25) is 5.13 Å². The Kier molecular flexibility index (Phi) is 5.19. The average Bonchev–Trinajstić information content (AvgIpc) is 3.09. The number of rotatable bonds is 4. The number of likely N-dealkylation sites (tertiary alicyclic amines) is 1. The fourth-order valence-corrected chi connectivity index (χ4v) is 3.34. The zero-order valence-electron chi connectivity index (χ0n) is 12.8. The van der Waals surface area contributed by atoms with Crippen molar-refractivity contribution < 1.29 is 9.90 Å². The molecule has 122 valence electrons. The maximum Gasteiger partial charge on any atom is 0.323 e. The molecule has 0 bridgehead atoms. The van der Waals surface area contributed by atoms with Gasteiger partial charge in [-0.2, -0.15) is 0 Å². The topological polar surface area (TPSA) is 78.4 Å². The number of amides is 2. The summed E-state index contributed by atoms with van der Waals surface area (Å²) in [5, 5.41) is 21.2. The van der Waals surface area contributed by atoms with Gasteiger partial charge in [-0.05, 0) is 30.7 Å². The molecule has 0 radical (unpaired) electrons. The predicted molar refractivity (Wildman–Crippen MR) is 89.4 cm³/mol. The highest BCUT2D eigenvalue weighted by Crippen LogP contribution is 2.23. The maximum atomic E-state index is 12.1. The van der Waals surface area contributed by atoms with Crippen molar-refractivity contribution in [3.8, 4) is 0 Å². The largest absolute Gasteiger partial charge is 0.392 e. The molecule has 0 saturated carbocycles. The zero-order valence-corrected chi connectivity index (χ0v) is 13.6. The molecule has 1 aromatic carbocycles. The minimum Gasteiger partial charge on any atom is -0.392 e. The van der Waals surface area contributed by atoms with Gasteiger partial charge in [0.25, 0.3) is 0 Å². The van der Waals surface area contributed by atoms with Crippen molar-refractivity contribution in [2.45, 2.75) is 25.4 Å². The number of carbonyl (C=O) groups is 1. The Bertz CT molecular complexity index is 612. The van der Waals surface area contributed by atoms with Crippen LogP contribution < -0.4 is 5.32 Å². The Labute approximate surface area is 139 Å². The van der Waals surface area contributed by atoms with Gasteiger partial charge in [0, 0.05) is 13.1 Å². The van der Waals surface area contributed by atoms with E-state index in [1.54, 1.807) is 10.4 Å². The first-order chi connectivity index (χ1) is 11.2. The van der Waals surface area contributed by atoms with Gasteiger partial charge >= 0.3 is 6.03 Å². The predicted octanol–water partition coefficient (Wildman–Crippen LogP) is 2.39. The summed E-state index contributed by atoms with van der Waals surface area (Å²) < 4.78 is 0. The van der Waals surface area contributed by atoms with Crippen molar-refractivity contribution in [3.05, 3.63) is 41.4 Å². The molecule has 1 atom stereocenters. The molecule has 1 aliphatic rings. The van der Waals surface area contributed by atoms with Gasteiger partial charge in [0.15, 0.2) is 0 Å². The summed E-state index contributed by atoms with van der Waals surface area (Å²) in [5.74, 6) is 0.237. The highest BCUT2D eigenvalue weighted by atomic mass is 32.1. The molecule has 7 heteroatoms. The van der Waals surface area contributed by atoms with Crippen LogP contribution in [-0.2, 0) is 6.42 Å². The first-order valence-electron chi connectivity index (χ1n) is 7.76. The number of urea groups is 1. The number of anilines is 1. The van der Waals surface area contributed by atoms with Crippen molar-refractivity contribution in [3.63, 3.8) is 0 Å². The lowest BCUT2D eigenvalue weighted by molar-refractivity contribution is 0.0689. The molecule has 2 amide bonds. The van der Waals surface area contributed by atoms with Crippen LogP contribution >= 0.6 is 11.3 Å². The SMILES string of the molecule is O=C(Nc1nncs1)N1CCC(C(O)Cc2ccccc2)CC1. The Balaban J connectivity index is 1.47. The Morgan fingerprint density at radius 2 is 2.09 bits per heavy atom.